The standard InChI is InChI=1S/C14H19N3O3S/c1-5-12-15-13(20-16-12)10-7-6-8-11(9-10)21(18,19)17-14(2,3)4/h6-9,17H,5H2,1-4H3. The third kappa shape index (κ3) is 3.89. The first-order valence-electron chi connectivity index (χ1n) is 6.68. The lowest BCUT2D eigenvalue weighted by molar-refractivity contribution is 0.423. The van der Waals surface area contributed by atoms with E-state index in [1.165, 1.54) is 12.1 Å². The summed E-state index contributed by atoms with van der Waals surface area (Å²) in [5, 5.41) is 3.81. The molecule has 2 rings (SSSR count). The maximum atomic E-state index is 12.3. The Bertz CT molecular complexity index is 730. The van der Waals surface area contributed by atoms with E-state index >= 15 is 0 Å². The number of aromatic nitrogens is 2. The van der Waals surface area contributed by atoms with Gasteiger partial charge in [0.25, 0.3) is 5.89 Å². The Kier molecular flexibility index (Phi) is 4.15. The van der Waals surface area contributed by atoms with Crippen LogP contribution in [0.1, 0.15) is 33.5 Å². The summed E-state index contributed by atoms with van der Waals surface area (Å²) in [6, 6.07) is 6.46. The molecular weight excluding hydrogens is 290 g/mol. The van der Waals surface area contributed by atoms with E-state index in [4.69, 9.17) is 4.52 Å². The van der Waals surface area contributed by atoms with Gasteiger partial charge in [-0.15, -0.1) is 0 Å². The third-order valence-corrected chi connectivity index (χ3v) is 4.37. The molecule has 0 spiro atoms. The van der Waals surface area contributed by atoms with E-state index in [9.17, 15) is 8.42 Å². The Labute approximate surface area is 124 Å². The van der Waals surface area contributed by atoms with Crippen LogP contribution in [0.2, 0.25) is 0 Å². The second-order valence-electron chi connectivity index (χ2n) is 5.75. The van der Waals surface area contributed by atoms with Crippen molar-refractivity contribution >= 4 is 10.0 Å². The number of nitrogens with zero attached hydrogens (tertiary/aromatic N) is 2. The average molecular weight is 309 g/mol. The minimum atomic E-state index is -3.59. The van der Waals surface area contributed by atoms with Gasteiger partial charge in [0, 0.05) is 17.5 Å². The second-order valence-corrected chi connectivity index (χ2v) is 7.44. The Morgan fingerprint density at radius 1 is 1.29 bits per heavy atom. The third-order valence-electron chi connectivity index (χ3n) is 2.62. The highest BCUT2D eigenvalue weighted by Gasteiger charge is 2.22. The number of benzene rings is 1. The topological polar surface area (TPSA) is 85.1 Å². The van der Waals surface area contributed by atoms with Crippen LogP contribution < -0.4 is 4.72 Å². The van der Waals surface area contributed by atoms with Crippen molar-refractivity contribution in [3.05, 3.63) is 30.1 Å². The van der Waals surface area contributed by atoms with Crippen molar-refractivity contribution in [2.75, 3.05) is 0 Å². The van der Waals surface area contributed by atoms with E-state index in [1.807, 2.05) is 6.92 Å². The summed E-state index contributed by atoms with van der Waals surface area (Å²) in [6.45, 7) is 7.29. The van der Waals surface area contributed by atoms with Crippen molar-refractivity contribution in [1.82, 2.24) is 14.9 Å². The van der Waals surface area contributed by atoms with Gasteiger partial charge in [0.1, 0.15) is 0 Å². The summed E-state index contributed by atoms with van der Waals surface area (Å²) < 4.78 is 32.4. The first-order valence-corrected chi connectivity index (χ1v) is 8.16. The smallest absolute Gasteiger partial charge is 0.257 e. The summed E-state index contributed by atoms with van der Waals surface area (Å²) in [5.41, 5.74) is 0.0355. The molecule has 0 aliphatic heterocycles. The molecule has 1 aromatic carbocycles. The van der Waals surface area contributed by atoms with Crippen molar-refractivity contribution in [1.29, 1.82) is 0 Å². The van der Waals surface area contributed by atoms with Gasteiger partial charge < -0.3 is 4.52 Å². The van der Waals surface area contributed by atoms with Gasteiger partial charge in [-0.3, -0.25) is 0 Å². The van der Waals surface area contributed by atoms with Gasteiger partial charge in [-0.05, 0) is 39.0 Å². The van der Waals surface area contributed by atoms with Gasteiger partial charge in [-0.25, -0.2) is 13.1 Å². The number of sulfonamides is 1. The molecule has 0 aliphatic carbocycles. The average Bonchev–Trinajstić information content (AvgIpc) is 2.85. The quantitative estimate of drug-likeness (QED) is 0.937. The van der Waals surface area contributed by atoms with Gasteiger partial charge in [0.05, 0.1) is 4.90 Å². The van der Waals surface area contributed by atoms with Crippen molar-refractivity contribution < 1.29 is 12.9 Å². The van der Waals surface area contributed by atoms with Crippen LogP contribution in [0, 0.1) is 0 Å². The van der Waals surface area contributed by atoms with Gasteiger partial charge in [0.2, 0.25) is 10.0 Å². The predicted molar refractivity (Wildman–Crippen MR) is 79.2 cm³/mol. The molecule has 0 amide bonds. The SMILES string of the molecule is CCc1noc(-c2cccc(S(=O)(=O)NC(C)(C)C)c2)n1. The van der Waals surface area contributed by atoms with Gasteiger partial charge in [-0.1, -0.05) is 18.1 Å². The summed E-state index contributed by atoms with van der Waals surface area (Å²) in [5.74, 6) is 0.908. The first-order chi connectivity index (χ1) is 9.71. The molecule has 6 nitrogen and oxygen atoms in total. The molecule has 0 radical (unpaired) electrons. The summed E-state index contributed by atoms with van der Waals surface area (Å²) in [6.07, 6.45) is 0.660. The van der Waals surface area contributed by atoms with Gasteiger partial charge in [0.15, 0.2) is 5.82 Å². The van der Waals surface area contributed by atoms with Crippen LogP contribution in [0.5, 0.6) is 0 Å². The summed E-state index contributed by atoms with van der Waals surface area (Å²) in [7, 11) is -3.59. The fourth-order valence-corrected chi connectivity index (χ4v) is 3.24. The Morgan fingerprint density at radius 3 is 2.57 bits per heavy atom. The van der Waals surface area contributed by atoms with Crippen LogP contribution in [0.25, 0.3) is 11.5 Å². The molecule has 0 bridgehead atoms. The normalized spacial score (nSPS) is 12.6. The summed E-state index contributed by atoms with van der Waals surface area (Å²) >= 11 is 0. The molecule has 0 atom stereocenters. The van der Waals surface area contributed by atoms with Crippen LogP contribution in [0.4, 0.5) is 0 Å². The highest BCUT2D eigenvalue weighted by Crippen LogP contribution is 2.22. The lowest BCUT2D eigenvalue weighted by atomic mass is 10.1. The maximum absolute atomic E-state index is 12.3. The highest BCUT2D eigenvalue weighted by atomic mass is 32.2. The van der Waals surface area contributed by atoms with Crippen molar-refractivity contribution in [2.45, 2.75) is 44.6 Å². The molecule has 0 saturated carbocycles. The molecule has 114 valence electrons. The van der Waals surface area contributed by atoms with Gasteiger partial charge >= 0.3 is 0 Å². The molecule has 1 aromatic heterocycles. The minimum Gasteiger partial charge on any atom is -0.334 e. The molecule has 0 fully saturated rings. The largest absolute Gasteiger partial charge is 0.334 e. The van der Waals surface area contributed by atoms with Crippen molar-refractivity contribution in [2.24, 2.45) is 0 Å². The van der Waals surface area contributed by atoms with Crippen LogP contribution in [-0.2, 0) is 16.4 Å². The Morgan fingerprint density at radius 2 is 2.00 bits per heavy atom. The number of nitrogens with one attached hydrogen (secondary N) is 1. The molecule has 0 aliphatic rings. The molecule has 1 heterocycles. The van der Waals surface area contributed by atoms with E-state index in [1.54, 1.807) is 32.9 Å². The van der Waals surface area contributed by atoms with Crippen molar-refractivity contribution in [3.8, 4) is 11.5 Å². The first kappa shape index (κ1) is 15.7. The van der Waals surface area contributed by atoms with Crippen molar-refractivity contribution in [3.63, 3.8) is 0 Å². The lowest BCUT2D eigenvalue weighted by Gasteiger charge is -2.20. The van der Waals surface area contributed by atoms with Crippen LogP contribution in [0.15, 0.2) is 33.7 Å². The fourth-order valence-electron chi connectivity index (χ4n) is 1.77. The van der Waals surface area contributed by atoms with Crippen LogP contribution >= 0.6 is 0 Å². The molecular formula is C14H19N3O3S. The number of rotatable bonds is 4. The number of hydrogen-bond donors (Lipinski definition) is 1. The van der Waals surface area contributed by atoms with Crippen LogP contribution in [0.3, 0.4) is 0 Å². The zero-order valence-electron chi connectivity index (χ0n) is 12.5. The van der Waals surface area contributed by atoms with Gasteiger partial charge in [-0.2, -0.15) is 4.98 Å². The van der Waals surface area contributed by atoms with E-state index < -0.39 is 15.6 Å². The zero-order valence-corrected chi connectivity index (χ0v) is 13.4. The maximum Gasteiger partial charge on any atom is 0.257 e. The van der Waals surface area contributed by atoms with Crippen LogP contribution in [-0.4, -0.2) is 24.1 Å². The summed E-state index contributed by atoms with van der Waals surface area (Å²) in [4.78, 5) is 4.38. The van der Waals surface area contributed by atoms with E-state index in [0.717, 1.165) is 0 Å². The lowest BCUT2D eigenvalue weighted by Crippen LogP contribution is -2.40. The van der Waals surface area contributed by atoms with E-state index in [-0.39, 0.29) is 4.90 Å². The Hall–Kier alpha value is -1.73. The molecule has 21 heavy (non-hydrogen) atoms. The number of hydrogen-bond acceptors (Lipinski definition) is 5. The molecule has 7 heteroatoms. The number of aryl methyl sites for hydroxylation is 1. The second kappa shape index (κ2) is 5.57. The highest BCUT2D eigenvalue weighted by molar-refractivity contribution is 7.89. The predicted octanol–water partition coefficient (Wildman–Crippen LogP) is 2.38. The fraction of sp³-hybridized carbons (Fsp3) is 0.429. The monoisotopic (exact) mass is 309 g/mol. The molecule has 0 saturated heterocycles. The molecule has 0 unspecified atom stereocenters. The van der Waals surface area contributed by atoms with E-state index in [2.05, 4.69) is 14.9 Å². The van der Waals surface area contributed by atoms with E-state index in [0.29, 0.717) is 23.7 Å². The Balaban J connectivity index is 2.38. The zero-order chi connectivity index (χ0) is 15.7. The molecule has 1 N–H and O–H groups in total. The molecule has 2 aromatic rings. The minimum absolute atomic E-state index is 0.172.